The number of benzene rings is 2. The molecule has 2 N–H and O–H groups in total. The third-order valence-corrected chi connectivity index (χ3v) is 4.37. The van der Waals surface area contributed by atoms with Crippen LogP contribution in [0.2, 0.25) is 0 Å². The number of carbonyl (C=O) groups excluding carboxylic acids is 2. The highest BCUT2D eigenvalue weighted by atomic mass is 16.5. The van der Waals surface area contributed by atoms with E-state index in [2.05, 4.69) is 15.6 Å². The van der Waals surface area contributed by atoms with E-state index < -0.39 is 0 Å². The molecule has 3 rings (SSSR count). The number of carbonyl (C=O) groups is 2. The molecule has 7 nitrogen and oxygen atoms in total. The number of pyridine rings is 1. The van der Waals surface area contributed by atoms with E-state index >= 15 is 0 Å². The molecular formula is C23H23N3O4. The van der Waals surface area contributed by atoms with Crippen molar-refractivity contribution in [3.05, 3.63) is 78.1 Å². The van der Waals surface area contributed by atoms with Gasteiger partial charge in [-0.3, -0.25) is 14.6 Å². The maximum Gasteiger partial charge on any atom is 0.262 e. The van der Waals surface area contributed by atoms with Gasteiger partial charge in [-0.15, -0.1) is 0 Å². The lowest BCUT2D eigenvalue weighted by Gasteiger charge is -2.13. The number of aryl methyl sites for hydroxylation is 1. The Balaban J connectivity index is 1.62. The standard InChI is InChI=1S/C23H23N3O4/c1-3-16-7-4-5-9-20(16)30-15-22(27)25-18-10-11-19(21(13-18)29-2)26-23(28)17-8-6-12-24-14-17/h4-14H,3,15H2,1-2H3,(H,25,27)(H,26,28). The average molecular weight is 405 g/mol. The summed E-state index contributed by atoms with van der Waals surface area (Å²) in [5, 5.41) is 5.55. The first-order chi connectivity index (χ1) is 14.6. The minimum atomic E-state index is -0.304. The molecule has 0 aliphatic carbocycles. The number of anilines is 2. The van der Waals surface area contributed by atoms with Crippen LogP contribution >= 0.6 is 0 Å². The Hall–Kier alpha value is -3.87. The summed E-state index contributed by atoms with van der Waals surface area (Å²) in [6.07, 6.45) is 3.90. The van der Waals surface area contributed by atoms with Crippen molar-refractivity contribution in [1.29, 1.82) is 0 Å². The van der Waals surface area contributed by atoms with Crippen molar-refractivity contribution in [2.75, 3.05) is 24.4 Å². The highest BCUT2D eigenvalue weighted by Crippen LogP contribution is 2.28. The fourth-order valence-corrected chi connectivity index (χ4v) is 2.84. The topological polar surface area (TPSA) is 89.6 Å². The zero-order valence-electron chi connectivity index (χ0n) is 16.8. The van der Waals surface area contributed by atoms with Crippen molar-refractivity contribution < 1.29 is 19.1 Å². The second-order valence-electron chi connectivity index (χ2n) is 6.41. The predicted octanol–water partition coefficient (Wildman–Crippen LogP) is 3.92. The van der Waals surface area contributed by atoms with Crippen LogP contribution in [0.4, 0.5) is 11.4 Å². The van der Waals surface area contributed by atoms with Crippen molar-refractivity contribution in [1.82, 2.24) is 4.98 Å². The zero-order valence-corrected chi connectivity index (χ0v) is 16.8. The first-order valence-corrected chi connectivity index (χ1v) is 9.50. The first-order valence-electron chi connectivity index (χ1n) is 9.50. The second-order valence-corrected chi connectivity index (χ2v) is 6.41. The van der Waals surface area contributed by atoms with Crippen molar-refractivity contribution >= 4 is 23.2 Å². The van der Waals surface area contributed by atoms with Crippen molar-refractivity contribution in [2.24, 2.45) is 0 Å². The molecule has 2 aromatic carbocycles. The van der Waals surface area contributed by atoms with E-state index in [0.29, 0.717) is 28.4 Å². The summed E-state index contributed by atoms with van der Waals surface area (Å²) >= 11 is 0. The number of para-hydroxylation sites is 1. The number of hydrogen-bond acceptors (Lipinski definition) is 5. The van der Waals surface area contributed by atoms with E-state index in [9.17, 15) is 9.59 Å². The summed E-state index contributed by atoms with van der Waals surface area (Å²) in [5.41, 5.74) is 2.49. The summed E-state index contributed by atoms with van der Waals surface area (Å²) in [6, 6.07) is 16.0. The molecule has 1 heterocycles. The van der Waals surface area contributed by atoms with Crippen LogP contribution in [0.3, 0.4) is 0 Å². The average Bonchev–Trinajstić information content (AvgIpc) is 2.79. The SMILES string of the molecule is CCc1ccccc1OCC(=O)Nc1ccc(NC(=O)c2cccnc2)c(OC)c1. The number of aromatic nitrogens is 1. The van der Waals surface area contributed by atoms with Crippen molar-refractivity contribution in [2.45, 2.75) is 13.3 Å². The second kappa shape index (κ2) is 10.1. The molecule has 0 unspecified atom stereocenters. The minimum absolute atomic E-state index is 0.112. The Morgan fingerprint density at radius 1 is 1.00 bits per heavy atom. The van der Waals surface area contributed by atoms with Gasteiger partial charge in [-0.25, -0.2) is 0 Å². The van der Waals surface area contributed by atoms with E-state index in [4.69, 9.17) is 9.47 Å². The lowest BCUT2D eigenvalue weighted by molar-refractivity contribution is -0.118. The van der Waals surface area contributed by atoms with Crippen LogP contribution in [0.25, 0.3) is 0 Å². The third kappa shape index (κ3) is 5.35. The fourth-order valence-electron chi connectivity index (χ4n) is 2.84. The van der Waals surface area contributed by atoms with Crippen LogP contribution in [-0.4, -0.2) is 30.5 Å². The molecule has 2 amide bonds. The number of hydrogen-bond donors (Lipinski definition) is 2. The van der Waals surface area contributed by atoms with Gasteiger partial charge in [0.15, 0.2) is 6.61 Å². The molecule has 0 saturated carbocycles. The van der Waals surface area contributed by atoms with Gasteiger partial charge >= 0.3 is 0 Å². The molecule has 3 aromatic rings. The summed E-state index contributed by atoms with van der Waals surface area (Å²) < 4.78 is 11.0. The van der Waals surface area contributed by atoms with Gasteiger partial charge in [-0.05, 0) is 42.3 Å². The Morgan fingerprint density at radius 2 is 1.83 bits per heavy atom. The highest BCUT2D eigenvalue weighted by Gasteiger charge is 2.12. The first kappa shape index (κ1) is 20.9. The normalized spacial score (nSPS) is 10.2. The predicted molar refractivity (Wildman–Crippen MR) is 115 cm³/mol. The summed E-state index contributed by atoms with van der Waals surface area (Å²) in [6.45, 7) is 1.92. The van der Waals surface area contributed by atoms with Crippen molar-refractivity contribution in [3.63, 3.8) is 0 Å². The van der Waals surface area contributed by atoms with Gasteiger partial charge in [0.05, 0.1) is 18.4 Å². The molecule has 0 aliphatic heterocycles. The number of nitrogens with zero attached hydrogens (tertiary/aromatic N) is 1. The van der Waals surface area contributed by atoms with Gasteiger partial charge in [0.25, 0.3) is 11.8 Å². The van der Waals surface area contributed by atoms with Crippen LogP contribution < -0.4 is 20.1 Å². The minimum Gasteiger partial charge on any atom is -0.494 e. The van der Waals surface area contributed by atoms with E-state index in [-0.39, 0.29) is 18.4 Å². The number of methoxy groups -OCH3 is 1. The number of rotatable bonds is 8. The number of ether oxygens (including phenoxy) is 2. The molecule has 0 fully saturated rings. The van der Waals surface area contributed by atoms with E-state index in [1.54, 1.807) is 36.5 Å². The van der Waals surface area contributed by atoms with Gasteiger partial charge in [0.1, 0.15) is 11.5 Å². The third-order valence-electron chi connectivity index (χ3n) is 4.37. The molecule has 30 heavy (non-hydrogen) atoms. The van der Waals surface area contributed by atoms with E-state index in [1.165, 1.54) is 13.3 Å². The van der Waals surface area contributed by atoms with Crippen LogP contribution in [0, 0.1) is 0 Å². The Morgan fingerprint density at radius 3 is 2.57 bits per heavy atom. The van der Waals surface area contributed by atoms with E-state index in [0.717, 1.165) is 12.0 Å². The van der Waals surface area contributed by atoms with Crippen LogP contribution in [0.1, 0.15) is 22.8 Å². The largest absolute Gasteiger partial charge is 0.494 e. The molecule has 0 spiro atoms. The Labute approximate surface area is 175 Å². The van der Waals surface area contributed by atoms with Gasteiger partial charge in [-0.1, -0.05) is 25.1 Å². The summed E-state index contributed by atoms with van der Waals surface area (Å²) in [4.78, 5) is 28.5. The van der Waals surface area contributed by atoms with Crippen LogP contribution in [0.15, 0.2) is 67.0 Å². The fraction of sp³-hybridized carbons (Fsp3) is 0.174. The molecule has 0 bridgehead atoms. The molecule has 1 aromatic heterocycles. The lowest BCUT2D eigenvalue weighted by atomic mass is 10.1. The highest BCUT2D eigenvalue weighted by molar-refractivity contribution is 6.05. The van der Waals surface area contributed by atoms with Crippen LogP contribution in [0.5, 0.6) is 11.5 Å². The maximum atomic E-state index is 12.3. The zero-order chi connectivity index (χ0) is 21.3. The molecule has 0 aliphatic rings. The molecule has 154 valence electrons. The summed E-state index contributed by atoms with van der Waals surface area (Å²) in [7, 11) is 1.49. The molecule has 7 heteroatoms. The lowest BCUT2D eigenvalue weighted by Crippen LogP contribution is -2.20. The van der Waals surface area contributed by atoms with Gasteiger partial charge < -0.3 is 20.1 Å². The van der Waals surface area contributed by atoms with Crippen molar-refractivity contribution in [3.8, 4) is 11.5 Å². The number of nitrogens with one attached hydrogen (secondary N) is 2. The van der Waals surface area contributed by atoms with Gasteiger partial charge in [0.2, 0.25) is 0 Å². The van der Waals surface area contributed by atoms with Crippen LogP contribution in [-0.2, 0) is 11.2 Å². The molecular weight excluding hydrogens is 382 g/mol. The Kier molecular flexibility index (Phi) is 7.00. The molecule has 0 saturated heterocycles. The maximum absolute atomic E-state index is 12.3. The summed E-state index contributed by atoms with van der Waals surface area (Å²) in [5.74, 6) is 0.514. The van der Waals surface area contributed by atoms with Gasteiger partial charge in [-0.2, -0.15) is 0 Å². The molecule has 0 atom stereocenters. The number of amides is 2. The van der Waals surface area contributed by atoms with Gasteiger partial charge in [0, 0.05) is 24.1 Å². The smallest absolute Gasteiger partial charge is 0.262 e. The quantitative estimate of drug-likeness (QED) is 0.593. The van der Waals surface area contributed by atoms with E-state index in [1.807, 2.05) is 31.2 Å². The molecule has 0 radical (unpaired) electrons. The monoisotopic (exact) mass is 405 g/mol. The Bertz CT molecular complexity index is 1020.